The van der Waals surface area contributed by atoms with Crippen LogP contribution in [-0.2, 0) is 4.74 Å². The molecule has 0 aliphatic carbocycles. The first-order valence-electron chi connectivity index (χ1n) is 6.46. The van der Waals surface area contributed by atoms with Crippen LogP contribution in [0.5, 0.6) is 0 Å². The highest BCUT2D eigenvalue weighted by atomic mass is 32.1. The zero-order valence-electron chi connectivity index (χ0n) is 11.8. The van der Waals surface area contributed by atoms with Gasteiger partial charge in [-0.2, -0.15) is 10.1 Å². The van der Waals surface area contributed by atoms with Crippen LogP contribution in [0.2, 0.25) is 0 Å². The largest absolute Gasteiger partial charge is 0.384 e. The summed E-state index contributed by atoms with van der Waals surface area (Å²) < 4.78 is 6.12. The Balaban J connectivity index is 2.31. The van der Waals surface area contributed by atoms with Crippen LogP contribution in [0.15, 0.2) is 12.3 Å². The van der Waals surface area contributed by atoms with Gasteiger partial charge in [0.1, 0.15) is 5.82 Å². The SMILES string of the molecule is COCC(C)c1c(-c2ccn[nH]2)sc2c(N)nc(N)nc12. The summed E-state index contributed by atoms with van der Waals surface area (Å²) in [6.45, 7) is 2.66. The second-order valence-electron chi connectivity index (χ2n) is 4.82. The first-order valence-corrected chi connectivity index (χ1v) is 7.27. The average Bonchev–Trinajstić information content (AvgIpc) is 3.04. The van der Waals surface area contributed by atoms with Crippen molar-refractivity contribution < 1.29 is 4.74 Å². The zero-order valence-corrected chi connectivity index (χ0v) is 12.6. The van der Waals surface area contributed by atoms with Gasteiger partial charge in [0.2, 0.25) is 5.95 Å². The molecule has 0 spiro atoms. The van der Waals surface area contributed by atoms with E-state index in [4.69, 9.17) is 16.2 Å². The van der Waals surface area contributed by atoms with Crippen LogP contribution in [0, 0.1) is 0 Å². The van der Waals surface area contributed by atoms with E-state index in [-0.39, 0.29) is 11.9 Å². The molecule has 8 heteroatoms. The van der Waals surface area contributed by atoms with Crippen molar-refractivity contribution >= 4 is 33.3 Å². The minimum Gasteiger partial charge on any atom is -0.384 e. The molecule has 0 amide bonds. The van der Waals surface area contributed by atoms with E-state index in [0.29, 0.717) is 12.4 Å². The van der Waals surface area contributed by atoms with E-state index in [1.54, 1.807) is 13.3 Å². The summed E-state index contributed by atoms with van der Waals surface area (Å²) in [7, 11) is 1.68. The molecular formula is C13H16N6OS. The van der Waals surface area contributed by atoms with E-state index in [2.05, 4.69) is 27.1 Å². The Morgan fingerprint density at radius 1 is 1.38 bits per heavy atom. The maximum Gasteiger partial charge on any atom is 0.222 e. The van der Waals surface area contributed by atoms with Gasteiger partial charge in [-0.1, -0.05) is 6.92 Å². The summed E-state index contributed by atoms with van der Waals surface area (Å²) in [5.41, 5.74) is 14.5. The van der Waals surface area contributed by atoms with Crippen LogP contribution in [0.1, 0.15) is 18.4 Å². The zero-order chi connectivity index (χ0) is 15.0. The van der Waals surface area contributed by atoms with E-state index in [9.17, 15) is 0 Å². The van der Waals surface area contributed by atoms with Crippen molar-refractivity contribution in [2.24, 2.45) is 0 Å². The Kier molecular flexibility index (Phi) is 3.48. The van der Waals surface area contributed by atoms with Crippen molar-refractivity contribution in [3.63, 3.8) is 0 Å². The van der Waals surface area contributed by atoms with Crippen molar-refractivity contribution in [2.75, 3.05) is 25.2 Å². The molecule has 110 valence electrons. The number of rotatable bonds is 4. The number of hydrogen-bond acceptors (Lipinski definition) is 7. The van der Waals surface area contributed by atoms with Crippen molar-refractivity contribution in [1.29, 1.82) is 0 Å². The number of nitrogens with zero attached hydrogens (tertiary/aromatic N) is 3. The predicted molar refractivity (Wildman–Crippen MR) is 84.1 cm³/mol. The van der Waals surface area contributed by atoms with Gasteiger partial charge in [-0.05, 0) is 6.07 Å². The van der Waals surface area contributed by atoms with Gasteiger partial charge in [0, 0.05) is 24.8 Å². The fourth-order valence-electron chi connectivity index (χ4n) is 2.41. The monoisotopic (exact) mass is 304 g/mol. The molecule has 0 aliphatic heterocycles. The van der Waals surface area contributed by atoms with E-state index in [0.717, 1.165) is 26.4 Å². The first-order chi connectivity index (χ1) is 10.1. The lowest BCUT2D eigenvalue weighted by molar-refractivity contribution is 0.185. The van der Waals surface area contributed by atoms with Gasteiger partial charge >= 0.3 is 0 Å². The number of nitrogen functional groups attached to an aromatic ring is 2. The third-order valence-electron chi connectivity index (χ3n) is 3.27. The molecule has 0 bridgehead atoms. The predicted octanol–water partition coefficient (Wildman–Crippen LogP) is 2.00. The molecular weight excluding hydrogens is 288 g/mol. The van der Waals surface area contributed by atoms with Crippen LogP contribution < -0.4 is 11.5 Å². The minimum absolute atomic E-state index is 0.149. The molecule has 21 heavy (non-hydrogen) atoms. The Morgan fingerprint density at radius 2 is 2.19 bits per heavy atom. The highest BCUT2D eigenvalue weighted by molar-refractivity contribution is 7.23. The molecule has 0 aromatic carbocycles. The van der Waals surface area contributed by atoms with Gasteiger partial charge in [0.25, 0.3) is 0 Å². The lowest BCUT2D eigenvalue weighted by atomic mass is 10.00. The number of methoxy groups -OCH3 is 1. The van der Waals surface area contributed by atoms with Crippen molar-refractivity contribution in [3.8, 4) is 10.6 Å². The second-order valence-corrected chi connectivity index (χ2v) is 5.84. The number of hydrogen-bond donors (Lipinski definition) is 3. The summed E-state index contributed by atoms with van der Waals surface area (Å²) in [6, 6.07) is 1.92. The molecule has 1 unspecified atom stereocenters. The molecule has 3 rings (SSSR count). The van der Waals surface area contributed by atoms with Crippen molar-refractivity contribution in [3.05, 3.63) is 17.8 Å². The molecule has 0 fully saturated rings. The minimum atomic E-state index is 0.149. The maximum absolute atomic E-state index is 5.99. The highest BCUT2D eigenvalue weighted by Crippen LogP contribution is 2.42. The third-order valence-corrected chi connectivity index (χ3v) is 4.52. The van der Waals surface area contributed by atoms with E-state index < -0.39 is 0 Å². The fraction of sp³-hybridized carbons (Fsp3) is 0.308. The second kappa shape index (κ2) is 5.30. The lowest BCUT2D eigenvalue weighted by Gasteiger charge is -2.11. The number of H-pyrrole nitrogens is 1. The number of aromatic amines is 1. The number of nitrogens with two attached hydrogens (primary N) is 2. The van der Waals surface area contributed by atoms with Gasteiger partial charge < -0.3 is 16.2 Å². The normalized spacial score (nSPS) is 12.9. The molecule has 7 nitrogen and oxygen atoms in total. The van der Waals surface area contributed by atoms with Gasteiger partial charge in [0.15, 0.2) is 0 Å². The summed E-state index contributed by atoms with van der Waals surface area (Å²) in [5, 5.41) is 7.00. The summed E-state index contributed by atoms with van der Waals surface area (Å²) in [6.07, 6.45) is 1.72. The van der Waals surface area contributed by atoms with Crippen molar-refractivity contribution in [1.82, 2.24) is 20.2 Å². The van der Waals surface area contributed by atoms with Gasteiger partial charge in [-0.3, -0.25) is 5.10 Å². The van der Waals surface area contributed by atoms with E-state index in [1.807, 2.05) is 6.07 Å². The van der Waals surface area contributed by atoms with Crippen LogP contribution in [-0.4, -0.2) is 33.9 Å². The lowest BCUT2D eigenvalue weighted by Crippen LogP contribution is -2.05. The third kappa shape index (κ3) is 2.32. The molecule has 0 radical (unpaired) electrons. The fourth-order valence-corrected chi connectivity index (χ4v) is 3.64. The van der Waals surface area contributed by atoms with Gasteiger partial charge in [-0.15, -0.1) is 11.3 Å². The maximum atomic E-state index is 5.99. The number of fused-ring (bicyclic) bond motifs is 1. The highest BCUT2D eigenvalue weighted by Gasteiger charge is 2.23. The number of thiophene rings is 1. The molecule has 1 atom stereocenters. The molecule has 0 saturated heterocycles. The van der Waals surface area contributed by atoms with Crippen LogP contribution in [0.3, 0.4) is 0 Å². The van der Waals surface area contributed by atoms with Gasteiger partial charge in [0.05, 0.1) is 27.4 Å². The van der Waals surface area contributed by atoms with Crippen LogP contribution in [0.4, 0.5) is 11.8 Å². The Bertz CT molecular complexity index is 767. The standard InChI is InChI=1S/C13H16N6OS/c1-6(5-20-2)8-9-11(12(14)18-13(15)17-9)21-10(8)7-3-4-16-19-7/h3-4,6H,5H2,1-2H3,(H,16,19)(H4,14,15,17,18). The first kappa shape index (κ1) is 13.8. The summed E-state index contributed by atoms with van der Waals surface area (Å²) in [4.78, 5) is 9.46. The summed E-state index contributed by atoms with van der Waals surface area (Å²) in [5.74, 6) is 0.731. The molecule has 3 heterocycles. The van der Waals surface area contributed by atoms with Crippen LogP contribution in [0.25, 0.3) is 20.8 Å². The van der Waals surface area contributed by atoms with Crippen molar-refractivity contribution in [2.45, 2.75) is 12.8 Å². The van der Waals surface area contributed by atoms with Crippen LogP contribution >= 0.6 is 11.3 Å². The molecule has 3 aromatic rings. The number of anilines is 2. The summed E-state index contributed by atoms with van der Waals surface area (Å²) >= 11 is 1.54. The quantitative estimate of drug-likeness (QED) is 0.679. The Morgan fingerprint density at radius 3 is 2.86 bits per heavy atom. The smallest absolute Gasteiger partial charge is 0.222 e. The molecule has 0 saturated carbocycles. The average molecular weight is 304 g/mol. The number of nitrogens with one attached hydrogen (secondary N) is 1. The Labute approximate surface area is 125 Å². The van der Waals surface area contributed by atoms with E-state index >= 15 is 0 Å². The number of aromatic nitrogens is 4. The topological polar surface area (TPSA) is 116 Å². The molecule has 0 aliphatic rings. The van der Waals surface area contributed by atoms with E-state index in [1.165, 1.54) is 11.3 Å². The molecule has 3 aromatic heterocycles. The Hall–Kier alpha value is -2.19. The number of ether oxygens (including phenoxy) is 1. The van der Waals surface area contributed by atoms with Gasteiger partial charge in [-0.25, -0.2) is 4.98 Å². The molecule has 5 N–H and O–H groups in total.